The molecule has 0 radical (unpaired) electrons. The van der Waals surface area contributed by atoms with Crippen LogP contribution < -0.4 is 0 Å². The molecule has 0 bridgehead atoms. The van der Waals surface area contributed by atoms with Crippen LogP contribution >= 0.6 is 0 Å². The third-order valence-corrected chi connectivity index (χ3v) is 1.90. The second-order valence-corrected chi connectivity index (χ2v) is 2.99. The van der Waals surface area contributed by atoms with Crippen LogP contribution in [-0.4, -0.2) is 22.5 Å². The first-order chi connectivity index (χ1) is 6.56. The zero-order valence-electron chi connectivity index (χ0n) is 7.60. The molecule has 0 aliphatic heterocycles. The number of aliphatic hydroxyl groups is 1. The van der Waals surface area contributed by atoms with Crippen LogP contribution in [0.3, 0.4) is 0 Å². The van der Waals surface area contributed by atoms with Gasteiger partial charge in [0.2, 0.25) is 0 Å². The van der Waals surface area contributed by atoms with Crippen molar-refractivity contribution in [1.29, 1.82) is 0 Å². The molecule has 2 N–H and O–H groups in total. The van der Waals surface area contributed by atoms with Gasteiger partial charge < -0.3 is 10.2 Å². The monoisotopic (exact) mass is 194 g/mol. The van der Waals surface area contributed by atoms with Crippen molar-refractivity contribution in [1.82, 2.24) is 0 Å². The number of carbonyl (C=O) groups excluding carboxylic acids is 1. The number of aliphatic carboxylic acids is 1. The van der Waals surface area contributed by atoms with Gasteiger partial charge in [-0.05, 0) is 13.0 Å². The van der Waals surface area contributed by atoms with E-state index in [9.17, 15) is 14.7 Å². The standard InChI is InChI=1S/C10H10O4/c1-6-2-3-8(7(4-6)5-11)9(12)10(13)14/h2-5,9,12H,1H3,(H,13,14). The number of carboxylic acid groups (broad SMARTS) is 1. The molecule has 0 fully saturated rings. The number of rotatable bonds is 3. The molecule has 0 aliphatic rings. The van der Waals surface area contributed by atoms with Crippen LogP contribution in [0.2, 0.25) is 0 Å². The number of hydrogen-bond acceptors (Lipinski definition) is 3. The van der Waals surface area contributed by atoms with Crippen molar-refractivity contribution >= 4 is 12.3 Å². The number of carboxylic acids is 1. The maximum Gasteiger partial charge on any atom is 0.337 e. The van der Waals surface area contributed by atoms with E-state index < -0.39 is 12.1 Å². The SMILES string of the molecule is Cc1ccc(C(O)C(=O)O)c(C=O)c1. The lowest BCUT2D eigenvalue weighted by Crippen LogP contribution is -2.12. The Hall–Kier alpha value is -1.68. The first-order valence-electron chi connectivity index (χ1n) is 4.03. The minimum absolute atomic E-state index is 0.123. The van der Waals surface area contributed by atoms with Crippen LogP contribution in [0.5, 0.6) is 0 Å². The van der Waals surface area contributed by atoms with Crippen molar-refractivity contribution in [2.75, 3.05) is 0 Å². The minimum atomic E-state index is -1.64. The summed E-state index contributed by atoms with van der Waals surface area (Å²) in [6, 6.07) is 4.63. The topological polar surface area (TPSA) is 74.6 Å². The molecule has 0 heterocycles. The summed E-state index contributed by atoms with van der Waals surface area (Å²) in [6.45, 7) is 1.78. The largest absolute Gasteiger partial charge is 0.479 e. The zero-order chi connectivity index (χ0) is 10.7. The zero-order valence-corrected chi connectivity index (χ0v) is 7.60. The van der Waals surface area contributed by atoms with E-state index in [-0.39, 0.29) is 11.1 Å². The van der Waals surface area contributed by atoms with Crippen molar-refractivity contribution in [2.24, 2.45) is 0 Å². The van der Waals surface area contributed by atoms with Crippen LogP contribution in [0.25, 0.3) is 0 Å². The highest BCUT2D eigenvalue weighted by atomic mass is 16.4. The van der Waals surface area contributed by atoms with E-state index in [1.807, 2.05) is 0 Å². The molecular weight excluding hydrogens is 184 g/mol. The van der Waals surface area contributed by atoms with Gasteiger partial charge in [0.1, 0.15) is 6.29 Å². The Morgan fingerprint density at radius 3 is 2.64 bits per heavy atom. The van der Waals surface area contributed by atoms with Crippen LogP contribution in [0.1, 0.15) is 27.6 Å². The number of carbonyl (C=O) groups is 2. The molecule has 0 aromatic heterocycles. The van der Waals surface area contributed by atoms with Crippen LogP contribution in [0, 0.1) is 6.92 Å². The van der Waals surface area contributed by atoms with Crippen LogP contribution in [0.4, 0.5) is 0 Å². The predicted octanol–water partition coefficient (Wildman–Crippen LogP) is 0.926. The van der Waals surface area contributed by atoms with E-state index in [0.717, 1.165) is 5.56 Å². The van der Waals surface area contributed by atoms with E-state index in [1.54, 1.807) is 13.0 Å². The molecule has 0 saturated carbocycles. The first-order valence-corrected chi connectivity index (χ1v) is 4.03. The molecule has 74 valence electrons. The lowest BCUT2D eigenvalue weighted by atomic mass is 10.0. The third-order valence-electron chi connectivity index (χ3n) is 1.90. The molecule has 1 aromatic rings. The highest BCUT2D eigenvalue weighted by molar-refractivity contribution is 5.83. The summed E-state index contributed by atoms with van der Waals surface area (Å²) in [7, 11) is 0. The predicted molar refractivity (Wildman–Crippen MR) is 49.2 cm³/mol. The minimum Gasteiger partial charge on any atom is -0.479 e. The highest BCUT2D eigenvalue weighted by Crippen LogP contribution is 2.18. The average molecular weight is 194 g/mol. The Labute approximate surface area is 80.8 Å². The molecule has 1 rings (SSSR count). The molecule has 4 heteroatoms. The molecule has 14 heavy (non-hydrogen) atoms. The Morgan fingerprint density at radius 2 is 2.14 bits per heavy atom. The highest BCUT2D eigenvalue weighted by Gasteiger charge is 2.18. The second-order valence-electron chi connectivity index (χ2n) is 2.99. The van der Waals surface area contributed by atoms with Gasteiger partial charge in [0, 0.05) is 11.1 Å². The molecule has 0 aliphatic carbocycles. The Bertz CT molecular complexity index is 370. The van der Waals surface area contributed by atoms with E-state index in [0.29, 0.717) is 6.29 Å². The summed E-state index contributed by atoms with van der Waals surface area (Å²) in [5, 5.41) is 17.8. The van der Waals surface area contributed by atoms with E-state index >= 15 is 0 Å². The first kappa shape index (κ1) is 10.4. The van der Waals surface area contributed by atoms with Gasteiger partial charge >= 0.3 is 5.97 Å². The van der Waals surface area contributed by atoms with Gasteiger partial charge in [0.05, 0.1) is 0 Å². The third kappa shape index (κ3) is 1.97. The molecule has 0 saturated heterocycles. The van der Waals surface area contributed by atoms with Gasteiger partial charge in [-0.1, -0.05) is 17.7 Å². The summed E-state index contributed by atoms with van der Waals surface area (Å²) in [5.74, 6) is -1.36. The molecule has 1 unspecified atom stereocenters. The number of benzene rings is 1. The molecular formula is C10H10O4. The van der Waals surface area contributed by atoms with Crippen LogP contribution in [0.15, 0.2) is 18.2 Å². The van der Waals surface area contributed by atoms with Gasteiger partial charge in [-0.25, -0.2) is 4.79 Å². The summed E-state index contributed by atoms with van der Waals surface area (Å²) in [4.78, 5) is 21.1. The summed E-state index contributed by atoms with van der Waals surface area (Å²) < 4.78 is 0. The molecule has 0 amide bonds. The van der Waals surface area contributed by atoms with E-state index in [4.69, 9.17) is 5.11 Å². The number of aliphatic hydroxyl groups excluding tert-OH is 1. The van der Waals surface area contributed by atoms with Gasteiger partial charge in [-0.2, -0.15) is 0 Å². The maximum absolute atomic E-state index is 10.6. The smallest absolute Gasteiger partial charge is 0.337 e. The lowest BCUT2D eigenvalue weighted by molar-refractivity contribution is -0.146. The fourth-order valence-electron chi connectivity index (χ4n) is 1.18. The molecule has 0 spiro atoms. The fourth-order valence-corrected chi connectivity index (χ4v) is 1.18. The molecule has 4 nitrogen and oxygen atoms in total. The molecule has 1 atom stereocenters. The van der Waals surface area contributed by atoms with Crippen molar-refractivity contribution in [3.8, 4) is 0 Å². The Kier molecular flexibility index (Phi) is 2.99. The van der Waals surface area contributed by atoms with E-state index in [1.165, 1.54) is 12.1 Å². The normalized spacial score (nSPS) is 12.1. The Morgan fingerprint density at radius 1 is 1.50 bits per heavy atom. The van der Waals surface area contributed by atoms with Crippen molar-refractivity contribution < 1.29 is 19.8 Å². The van der Waals surface area contributed by atoms with E-state index in [2.05, 4.69) is 0 Å². The number of aryl methyl sites for hydroxylation is 1. The average Bonchev–Trinajstić information content (AvgIpc) is 2.16. The van der Waals surface area contributed by atoms with Gasteiger partial charge in [0.15, 0.2) is 6.10 Å². The quantitative estimate of drug-likeness (QED) is 0.702. The maximum atomic E-state index is 10.6. The van der Waals surface area contributed by atoms with Gasteiger partial charge in [0.25, 0.3) is 0 Å². The van der Waals surface area contributed by atoms with Crippen LogP contribution in [-0.2, 0) is 4.79 Å². The lowest BCUT2D eigenvalue weighted by Gasteiger charge is -2.08. The summed E-state index contributed by atoms with van der Waals surface area (Å²) >= 11 is 0. The fraction of sp³-hybridized carbons (Fsp3) is 0.200. The summed E-state index contributed by atoms with van der Waals surface area (Å²) in [5.41, 5.74) is 1.17. The Balaban J connectivity index is 3.20. The van der Waals surface area contributed by atoms with Crippen molar-refractivity contribution in [3.05, 3.63) is 34.9 Å². The van der Waals surface area contributed by atoms with Gasteiger partial charge in [-0.15, -0.1) is 0 Å². The van der Waals surface area contributed by atoms with Crippen molar-refractivity contribution in [3.63, 3.8) is 0 Å². The molecule has 1 aromatic carbocycles. The second kappa shape index (κ2) is 4.02. The number of hydrogen-bond donors (Lipinski definition) is 2. The van der Waals surface area contributed by atoms with Crippen molar-refractivity contribution in [2.45, 2.75) is 13.0 Å². The number of aldehydes is 1. The summed E-state index contributed by atoms with van der Waals surface area (Å²) in [6.07, 6.45) is -1.11. The van der Waals surface area contributed by atoms with Gasteiger partial charge in [-0.3, -0.25) is 4.79 Å².